The molecule has 1 atom stereocenters. The average molecular weight is 1340 g/mol. The molecule has 5 aromatic rings. The first-order valence-electron chi connectivity index (χ1n) is 27.8. The summed E-state index contributed by atoms with van der Waals surface area (Å²) in [6.07, 6.45) is 17.4. The van der Waals surface area contributed by atoms with E-state index in [9.17, 15) is 10.5 Å². The monoisotopic (exact) mass is 1330 g/mol. The number of pyridine rings is 3. The van der Waals surface area contributed by atoms with Crippen LogP contribution in [0.1, 0.15) is 97.8 Å². The van der Waals surface area contributed by atoms with Crippen molar-refractivity contribution in [2.45, 2.75) is 93.3 Å². The number of ether oxygens (including phenoxy) is 3. The van der Waals surface area contributed by atoms with Gasteiger partial charge >= 0.3 is 29.6 Å². The number of aromatic nitrogens is 5. The minimum Gasteiger partial charge on any atom is -0.857 e. The second-order valence-corrected chi connectivity index (χ2v) is 19.1. The molecule has 4 heterocycles. The third-order valence-corrected chi connectivity index (χ3v) is 10.7. The summed E-state index contributed by atoms with van der Waals surface area (Å²) in [6.45, 7) is 13.9. The van der Waals surface area contributed by atoms with Gasteiger partial charge in [-0.05, 0) is 160 Å². The summed E-state index contributed by atoms with van der Waals surface area (Å²) >= 11 is 0. The van der Waals surface area contributed by atoms with E-state index < -0.39 is 6.10 Å². The summed E-state index contributed by atoms with van der Waals surface area (Å²) in [6, 6.07) is 19.4. The number of hydrogen-bond acceptors (Lipinski definition) is 20. The molecule has 97 heavy (non-hydrogen) atoms. The van der Waals surface area contributed by atoms with Crippen molar-refractivity contribution in [3.63, 3.8) is 0 Å². The van der Waals surface area contributed by atoms with Crippen LogP contribution in [0.3, 0.4) is 0 Å². The Labute approximate surface area is 605 Å². The van der Waals surface area contributed by atoms with Crippen molar-refractivity contribution in [1.82, 2.24) is 34.7 Å². The fourth-order valence-corrected chi connectivity index (χ4v) is 6.68. The van der Waals surface area contributed by atoms with E-state index in [1.165, 1.54) is 13.1 Å². The molecule has 0 saturated heterocycles. The number of halogens is 1. The van der Waals surface area contributed by atoms with Crippen LogP contribution in [-0.4, -0.2) is 109 Å². The van der Waals surface area contributed by atoms with Gasteiger partial charge in [0.05, 0.1) is 18.2 Å². The Hall–Kier alpha value is -11.5. The molecular weight excluding hydrogens is 1250 g/mol. The van der Waals surface area contributed by atoms with Crippen LogP contribution in [0.4, 0.5) is 34.9 Å². The third-order valence-electron chi connectivity index (χ3n) is 10.7. The van der Waals surface area contributed by atoms with Crippen LogP contribution in [-0.2, 0) is 0 Å². The number of nitrogens with zero attached hydrogens (tertiary/aromatic N) is 9. The van der Waals surface area contributed by atoms with E-state index in [0.717, 1.165) is 35.3 Å². The number of hydrogen-bond donors (Lipinski definition) is 8. The van der Waals surface area contributed by atoms with Crippen LogP contribution < -0.4 is 87.3 Å². The summed E-state index contributed by atoms with van der Waals surface area (Å²) < 4.78 is 17.7. The van der Waals surface area contributed by atoms with Gasteiger partial charge in [-0.2, -0.15) is 22.6 Å². The maximum atomic E-state index is 9.55. The van der Waals surface area contributed by atoms with E-state index in [-0.39, 0.29) is 104 Å². The molecule has 0 saturated carbocycles. The van der Waals surface area contributed by atoms with E-state index >= 15 is 0 Å². The van der Waals surface area contributed by atoms with Crippen LogP contribution >= 0.6 is 12.4 Å². The van der Waals surface area contributed by atoms with Crippen LogP contribution in [0.25, 0.3) is 0 Å². The molecule has 0 aliphatic heterocycles. The second-order valence-electron chi connectivity index (χ2n) is 19.1. The Morgan fingerprint density at radius 2 is 0.938 bits per heavy atom. The van der Waals surface area contributed by atoms with E-state index in [2.05, 4.69) is 218 Å². The Kier molecular flexibility index (Phi) is 55.5. The number of likely N-dealkylation sites (N-methyl/N-ethyl adjacent to an activating group) is 2. The quantitative estimate of drug-likeness (QED) is 0.0101. The predicted molar refractivity (Wildman–Crippen MR) is 392 cm³/mol. The minimum absolute atomic E-state index is 0. The molecule has 5 rings (SSSR count). The first-order valence-corrected chi connectivity index (χ1v) is 27.8. The zero-order valence-corrected chi connectivity index (χ0v) is 59.2. The molecule has 23 heteroatoms. The number of para-hydroxylation sites is 1. The van der Waals surface area contributed by atoms with E-state index in [4.69, 9.17) is 54.8 Å². The Balaban J connectivity index is -0.000000372. The van der Waals surface area contributed by atoms with Crippen LogP contribution in [0.5, 0.6) is 23.0 Å². The maximum Gasteiger partial charge on any atom is 1.00 e. The second kappa shape index (κ2) is 57.2. The van der Waals surface area contributed by atoms with Gasteiger partial charge in [0.25, 0.3) is 0 Å². The van der Waals surface area contributed by atoms with Crippen molar-refractivity contribution in [3.8, 4) is 166 Å². The van der Waals surface area contributed by atoms with Gasteiger partial charge in [-0.15, -0.1) is 25.3 Å². The summed E-state index contributed by atoms with van der Waals surface area (Å²) in [4.78, 5) is 24.6. The molecule has 0 aliphatic carbocycles. The Morgan fingerprint density at radius 1 is 0.588 bits per heavy atom. The van der Waals surface area contributed by atoms with E-state index in [1.807, 2.05) is 87.5 Å². The number of allylic oxidation sites excluding steroid dienone is 1. The molecule has 0 radical (unpaired) electrons. The van der Waals surface area contributed by atoms with Crippen molar-refractivity contribution in [1.29, 1.82) is 15.9 Å². The standard InChI is InChI=1S/C22H2.C18H20N4O.C16H27N5O.C13H18N6O.C2H6N2.CH3O.2CH4.ClH.Na/c1-3-5-7-9-11-13-15-17-19-21-22-20-18-16-14-12-10-8-6-4-2;1-13(2)16-12-22-18(20-3)9-17(16)23-15(10-19)11-21-14-7-5-4-6-8-14;1-11(2)12-10-19-15(18-3)8-13(12)22-14(9-17)16(20(4)5)21(6)7;1-7(2)8-5-17-11(16-3)4-9(8)20-10-6-18-13(15)19-12(10)14;1-2(3)4;1-2;;;;/h1-2H;4-9,11-13,21H,1-3H3,(H,20,22);8,10-11,14,16H,1-7H3,(H,18,19);4-7H,1-3H3,(H,16,17)(H4,14,15,18,19);1H3,(H3,3,4);1H3;2*1H4;1H;/q;;;;;-1;;;;+1/b;15-11+;;;;;;;;. The predicted octanol–water partition coefficient (Wildman–Crippen LogP) is 5.96. The zero-order valence-electron chi connectivity index (χ0n) is 56.3. The normalized spacial score (nSPS) is 8.87. The molecule has 1 unspecified atom stereocenters. The summed E-state index contributed by atoms with van der Waals surface area (Å²) in [7, 11) is 13.9. The van der Waals surface area contributed by atoms with Gasteiger partial charge in [0.2, 0.25) is 17.8 Å². The molecule has 0 amide bonds. The Morgan fingerprint density at radius 3 is 1.27 bits per heavy atom. The van der Waals surface area contributed by atoms with Gasteiger partial charge in [0.15, 0.2) is 11.6 Å². The largest absolute Gasteiger partial charge is 1.00 e. The summed E-state index contributed by atoms with van der Waals surface area (Å²) in [5.41, 5.74) is 19.7. The molecule has 21 nitrogen and oxygen atoms in total. The van der Waals surface area contributed by atoms with Crippen molar-refractivity contribution < 1.29 is 48.9 Å². The van der Waals surface area contributed by atoms with Crippen LogP contribution in [0.15, 0.2) is 85.3 Å². The summed E-state index contributed by atoms with van der Waals surface area (Å²) in [5, 5.41) is 45.4. The fourth-order valence-electron chi connectivity index (χ4n) is 6.68. The number of anilines is 6. The van der Waals surface area contributed by atoms with Crippen LogP contribution in [0.2, 0.25) is 0 Å². The fraction of sp³-hybridized carbons (Fsp3) is 0.297. The van der Waals surface area contributed by atoms with Gasteiger partial charge in [0.1, 0.15) is 53.0 Å². The third kappa shape index (κ3) is 40.9. The van der Waals surface area contributed by atoms with Crippen molar-refractivity contribution in [2.75, 3.05) is 89.2 Å². The number of nitrogens with two attached hydrogens (primary N) is 3. The van der Waals surface area contributed by atoms with Crippen molar-refractivity contribution in [2.24, 2.45) is 5.73 Å². The zero-order chi connectivity index (χ0) is 69.9. The van der Waals surface area contributed by atoms with Crippen molar-refractivity contribution in [3.05, 3.63) is 102 Å². The summed E-state index contributed by atoms with van der Waals surface area (Å²) in [5.74, 6) is 54.1. The molecule has 0 spiro atoms. The topological polar surface area (TPSA) is 319 Å². The Bertz CT molecular complexity index is 3980. The first-order chi connectivity index (χ1) is 44.6. The number of terminal acetylenes is 2. The van der Waals surface area contributed by atoms with Gasteiger partial charge in [-0.1, -0.05) is 74.6 Å². The smallest absolute Gasteiger partial charge is 0.857 e. The average Bonchev–Trinajstić information content (AvgIpc) is 0.867. The molecule has 11 N–H and O–H groups in total. The van der Waals surface area contributed by atoms with Gasteiger partial charge in [-0.25, -0.2) is 19.9 Å². The molecular formula is C74H85ClN17NaO4. The number of nitriles is 2. The number of rotatable bonds is 17. The molecule has 0 aliphatic rings. The molecule has 0 fully saturated rings. The minimum atomic E-state index is -0.602. The number of nitrogens with one attached hydrogen (secondary N) is 5. The number of amidine groups is 1. The van der Waals surface area contributed by atoms with E-state index in [0.29, 0.717) is 34.6 Å². The molecule has 1 aromatic carbocycles. The van der Waals surface area contributed by atoms with E-state index in [1.54, 1.807) is 45.0 Å². The van der Waals surface area contributed by atoms with Gasteiger partial charge < -0.3 is 57.8 Å². The van der Waals surface area contributed by atoms with Gasteiger partial charge in [-0.3, -0.25) is 15.2 Å². The first kappa shape index (κ1) is 94.2. The van der Waals surface area contributed by atoms with Gasteiger partial charge in [0, 0.05) is 104 Å². The number of benzene rings is 1. The molecule has 498 valence electrons. The van der Waals surface area contributed by atoms with Crippen LogP contribution in [0, 0.1) is 159 Å². The SMILES string of the molecule is C.C.C#CC#CC#CC#CC#CC#CC#CC#CC#CC#CC#C.CC(=N)N.CNc1cc(O/C(C#N)=C/Nc2ccccc2)c(C(C)C)cn1.CNc1cc(OC(C#N)C(N(C)C)N(C)C)c(C(C)C)cn1.CNc1cc(Oc2cnc(N)nc2N)c(C(C)C)cn1.C[O-].Cl.[Na+]. The molecule has 4 aromatic heterocycles. The molecule has 0 bridgehead atoms. The maximum absolute atomic E-state index is 9.55. The van der Waals surface area contributed by atoms with Crippen molar-refractivity contribution >= 4 is 53.1 Å². The number of nitrogen functional groups attached to an aromatic ring is 2.